The number of hydrogen-bond donors (Lipinski definition) is 0. The van der Waals surface area contributed by atoms with Crippen molar-refractivity contribution in [3.8, 4) is 0 Å². The lowest BCUT2D eigenvalue weighted by Gasteiger charge is -2.47. The Hall–Kier alpha value is -2.62. The number of rotatable bonds is 7. The summed E-state index contributed by atoms with van der Waals surface area (Å²) in [5, 5.41) is 0. The Morgan fingerprint density at radius 2 is 1.42 bits per heavy atom. The average Bonchev–Trinajstić information content (AvgIpc) is 2.85. The van der Waals surface area contributed by atoms with Crippen LogP contribution in [0.1, 0.15) is 124 Å². The van der Waals surface area contributed by atoms with Gasteiger partial charge in [0.25, 0.3) is 0 Å². The molecule has 36 heavy (non-hydrogen) atoms. The first-order valence-electron chi connectivity index (χ1n) is 13.9. The molecule has 0 radical (unpaired) electrons. The zero-order valence-electron chi connectivity index (χ0n) is 22.9. The summed E-state index contributed by atoms with van der Waals surface area (Å²) in [6.07, 6.45) is 4.23. The molecule has 0 aliphatic carbocycles. The van der Waals surface area contributed by atoms with Crippen molar-refractivity contribution < 1.29 is 14.3 Å². The standard InChI is InChI=1S/C32H43NO3/c1-20(2)24-17-28(21(3)4)30(29(18-24)22(5)6)31(34)25-15-26-13-10-14-27(16-25)33(26)32(35)36-19-23-11-8-7-9-12-23/h7-9,11-12,17-18,20-22,25-27H,10,13-16,19H2,1-6H3. The monoisotopic (exact) mass is 489 g/mol. The first-order chi connectivity index (χ1) is 17.2. The lowest BCUT2D eigenvalue weighted by Crippen LogP contribution is -2.55. The lowest BCUT2D eigenvalue weighted by atomic mass is 9.73. The minimum absolute atomic E-state index is 0.0432. The fourth-order valence-corrected chi connectivity index (χ4v) is 6.13. The van der Waals surface area contributed by atoms with Gasteiger partial charge in [-0.05, 0) is 72.1 Å². The van der Waals surface area contributed by atoms with Crippen LogP contribution in [0.25, 0.3) is 0 Å². The predicted molar refractivity (Wildman–Crippen MR) is 146 cm³/mol. The van der Waals surface area contributed by atoms with E-state index in [9.17, 15) is 9.59 Å². The number of piperidine rings is 2. The minimum atomic E-state index is -0.230. The molecule has 2 bridgehead atoms. The molecule has 0 N–H and O–H groups in total. The van der Waals surface area contributed by atoms with Crippen molar-refractivity contribution in [3.63, 3.8) is 0 Å². The molecular formula is C32H43NO3. The quantitative estimate of drug-likeness (QED) is 0.368. The highest BCUT2D eigenvalue weighted by Crippen LogP contribution is 2.41. The molecule has 4 nitrogen and oxygen atoms in total. The number of hydrogen-bond acceptors (Lipinski definition) is 3. The topological polar surface area (TPSA) is 46.6 Å². The second-order valence-electron chi connectivity index (χ2n) is 11.8. The van der Waals surface area contributed by atoms with Gasteiger partial charge in [-0.1, -0.05) is 84.0 Å². The van der Waals surface area contributed by atoms with Crippen LogP contribution in [0.4, 0.5) is 4.79 Å². The van der Waals surface area contributed by atoms with Gasteiger partial charge >= 0.3 is 6.09 Å². The molecule has 2 fully saturated rings. The third kappa shape index (κ3) is 5.53. The number of carbonyl (C=O) groups excluding carboxylic acids is 2. The summed E-state index contributed by atoms with van der Waals surface area (Å²) in [6, 6.07) is 14.5. The van der Waals surface area contributed by atoms with E-state index in [4.69, 9.17) is 4.74 Å². The van der Waals surface area contributed by atoms with Crippen LogP contribution in [0.5, 0.6) is 0 Å². The van der Waals surface area contributed by atoms with Gasteiger partial charge < -0.3 is 9.64 Å². The smallest absolute Gasteiger partial charge is 0.410 e. The molecule has 2 aliphatic heterocycles. The second kappa shape index (κ2) is 11.2. The molecule has 2 aromatic carbocycles. The van der Waals surface area contributed by atoms with Crippen LogP contribution in [-0.4, -0.2) is 28.9 Å². The number of fused-ring (bicyclic) bond motifs is 2. The van der Waals surface area contributed by atoms with Crippen molar-refractivity contribution in [2.45, 2.75) is 110 Å². The Kier molecular flexibility index (Phi) is 8.22. The van der Waals surface area contributed by atoms with Gasteiger partial charge in [0.15, 0.2) is 5.78 Å². The van der Waals surface area contributed by atoms with Gasteiger partial charge in [-0.3, -0.25) is 4.79 Å². The average molecular weight is 490 g/mol. The molecular weight excluding hydrogens is 446 g/mol. The molecule has 2 aliphatic rings. The summed E-state index contributed by atoms with van der Waals surface area (Å²) in [5.41, 5.74) is 5.63. The number of amides is 1. The third-order valence-electron chi connectivity index (χ3n) is 8.14. The first-order valence-corrected chi connectivity index (χ1v) is 13.9. The maximum atomic E-state index is 14.2. The third-order valence-corrected chi connectivity index (χ3v) is 8.14. The van der Waals surface area contributed by atoms with E-state index in [1.165, 1.54) is 16.7 Å². The number of benzene rings is 2. The van der Waals surface area contributed by atoms with E-state index in [0.717, 1.165) is 43.2 Å². The number of ketones is 1. The molecule has 0 aromatic heterocycles. The van der Waals surface area contributed by atoms with Gasteiger partial charge in [0.1, 0.15) is 6.61 Å². The van der Waals surface area contributed by atoms with Crippen molar-refractivity contribution in [3.05, 3.63) is 70.3 Å². The van der Waals surface area contributed by atoms with Crippen molar-refractivity contribution in [2.24, 2.45) is 5.92 Å². The van der Waals surface area contributed by atoms with Crippen LogP contribution in [0.2, 0.25) is 0 Å². The highest BCUT2D eigenvalue weighted by Gasteiger charge is 2.44. The van der Waals surface area contributed by atoms with Crippen molar-refractivity contribution >= 4 is 11.9 Å². The van der Waals surface area contributed by atoms with Gasteiger partial charge in [0.05, 0.1) is 0 Å². The molecule has 2 atom stereocenters. The number of ether oxygens (including phenoxy) is 1. The van der Waals surface area contributed by atoms with Gasteiger partial charge in [0.2, 0.25) is 0 Å². The molecule has 2 saturated heterocycles. The van der Waals surface area contributed by atoms with Crippen molar-refractivity contribution in [1.82, 2.24) is 4.90 Å². The zero-order valence-corrected chi connectivity index (χ0v) is 22.9. The lowest BCUT2D eigenvalue weighted by molar-refractivity contribution is 0.00468. The second-order valence-corrected chi connectivity index (χ2v) is 11.8. The van der Waals surface area contributed by atoms with Crippen LogP contribution >= 0.6 is 0 Å². The van der Waals surface area contributed by atoms with E-state index >= 15 is 0 Å². The molecule has 0 saturated carbocycles. The summed E-state index contributed by atoms with van der Waals surface area (Å²) >= 11 is 0. The molecule has 1 amide bonds. The number of carbonyl (C=O) groups is 2. The maximum absolute atomic E-state index is 14.2. The molecule has 4 rings (SSSR count). The highest BCUT2D eigenvalue weighted by molar-refractivity contribution is 6.01. The normalized spacial score (nSPS) is 21.8. The van der Waals surface area contributed by atoms with Crippen LogP contribution in [0, 0.1) is 5.92 Å². The summed E-state index contributed by atoms with van der Waals surface area (Å²) < 4.78 is 5.72. The first kappa shape index (κ1) is 26.4. The van der Waals surface area contributed by atoms with Gasteiger partial charge in [0, 0.05) is 23.6 Å². The van der Waals surface area contributed by atoms with E-state index in [0.29, 0.717) is 5.92 Å². The maximum Gasteiger partial charge on any atom is 0.410 e. The summed E-state index contributed by atoms with van der Waals surface area (Å²) in [5.74, 6) is 1.24. The molecule has 0 spiro atoms. The van der Waals surface area contributed by atoms with Crippen molar-refractivity contribution in [1.29, 1.82) is 0 Å². The number of nitrogens with zero attached hydrogens (tertiary/aromatic N) is 1. The SMILES string of the molecule is CC(C)c1cc(C(C)C)c(C(=O)C2CC3CCCC(C2)N3C(=O)OCc2ccccc2)c(C(C)C)c1. The Morgan fingerprint density at radius 3 is 1.92 bits per heavy atom. The Balaban J connectivity index is 1.57. The molecule has 194 valence electrons. The molecule has 2 heterocycles. The highest BCUT2D eigenvalue weighted by atomic mass is 16.6. The largest absolute Gasteiger partial charge is 0.445 e. The van der Waals surface area contributed by atoms with Crippen LogP contribution in [-0.2, 0) is 11.3 Å². The Morgan fingerprint density at radius 1 is 0.861 bits per heavy atom. The Bertz CT molecular complexity index is 1030. The zero-order chi connectivity index (χ0) is 26.0. The fourth-order valence-electron chi connectivity index (χ4n) is 6.13. The molecule has 2 aromatic rings. The van der Waals surface area contributed by atoms with E-state index in [2.05, 4.69) is 53.7 Å². The van der Waals surface area contributed by atoms with E-state index < -0.39 is 0 Å². The van der Waals surface area contributed by atoms with E-state index in [1.807, 2.05) is 35.2 Å². The van der Waals surface area contributed by atoms with Crippen LogP contribution < -0.4 is 0 Å². The summed E-state index contributed by atoms with van der Waals surface area (Å²) in [7, 11) is 0. The van der Waals surface area contributed by atoms with Gasteiger partial charge in [-0.2, -0.15) is 0 Å². The number of Topliss-reactive ketones (excluding diaryl/α,β-unsaturated/α-hetero) is 1. The Labute approximate surface area is 217 Å². The minimum Gasteiger partial charge on any atom is -0.445 e. The van der Waals surface area contributed by atoms with Crippen LogP contribution in [0.15, 0.2) is 42.5 Å². The van der Waals surface area contributed by atoms with Gasteiger partial charge in [-0.15, -0.1) is 0 Å². The van der Waals surface area contributed by atoms with Crippen molar-refractivity contribution in [2.75, 3.05) is 0 Å². The molecule has 4 heteroatoms. The van der Waals surface area contributed by atoms with Gasteiger partial charge in [-0.25, -0.2) is 4.79 Å². The molecule has 2 unspecified atom stereocenters. The van der Waals surface area contributed by atoms with E-state index in [-0.39, 0.29) is 48.3 Å². The summed E-state index contributed by atoms with van der Waals surface area (Å²) in [6.45, 7) is 13.5. The van der Waals surface area contributed by atoms with E-state index in [1.54, 1.807) is 0 Å². The predicted octanol–water partition coefficient (Wildman–Crippen LogP) is 8.21. The van der Waals surface area contributed by atoms with Crippen LogP contribution in [0.3, 0.4) is 0 Å². The summed E-state index contributed by atoms with van der Waals surface area (Å²) in [4.78, 5) is 29.3. The fraction of sp³-hybridized carbons (Fsp3) is 0.562.